The summed E-state index contributed by atoms with van der Waals surface area (Å²) in [6, 6.07) is 5.50. The van der Waals surface area contributed by atoms with Crippen LogP contribution in [-0.4, -0.2) is 51.0 Å². The molecule has 1 aromatic carbocycles. The van der Waals surface area contributed by atoms with Crippen molar-refractivity contribution in [3.05, 3.63) is 41.7 Å². The summed E-state index contributed by atoms with van der Waals surface area (Å²) in [6.07, 6.45) is 0. The number of rotatable bonds is 5. The highest BCUT2D eigenvalue weighted by Gasteiger charge is 2.36. The molecular formula is C15H17FN4O4. The number of halogens is 1. The Morgan fingerprint density at radius 2 is 2.00 bits per heavy atom. The van der Waals surface area contributed by atoms with Crippen molar-refractivity contribution in [2.24, 2.45) is 0 Å². The fourth-order valence-corrected chi connectivity index (χ4v) is 2.00. The number of nitrogens with one attached hydrogen (secondary N) is 1. The van der Waals surface area contributed by atoms with Crippen LogP contribution in [0.3, 0.4) is 0 Å². The van der Waals surface area contributed by atoms with Gasteiger partial charge in [-0.3, -0.25) is 4.79 Å². The SMILES string of the molecule is COC(=O)C(C)(CO)NC(=O)c1nc(C)n(-c2ccc(F)cc2)n1. The van der Waals surface area contributed by atoms with E-state index in [0.29, 0.717) is 11.5 Å². The summed E-state index contributed by atoms with van der Waals surface area (Å²) in [5.74, 6) is -1.74. The van der Waals surface area contributed by atoms with E-state index in [0.717, 1.165) is 7.11 Å². The molecule has 9 heteroatoms. The van der Waals surface area contributed by atoms with Gasteiger partial charge in [0, 0.05) is 0 Å². The molecule has 0 spiro atoms. The summed E-state index contributed by atoms with van der Waals surface area (Å²) in [4.78, 5) is 28.0. The number of benzene rings is 1. The predicted octanol–water partition coefficient (Wildman–Crippen LogP) is 0.369. The van der Waals surface area contributed by atoms with Gasteiger partial charge in [0.05, 0.1) is 19.4 Å². The van der Waals surface area contributed by atoms with E-state index in [1.165, 1.54) is 35.9 Å². The summed E-state index contributed by atoms with van der Waals surface area (Å²) in [5, 5.41) is 15.7. The van der Waals surface area contributed by atoms with Gasteiger partial charge in [0.2, 0.25) is 5.82 Å². The number of carbonyl (C=O) groups is 2. The lowest BCUT2D eigenvalue weighted by molar-refractivity contribution is -0.149. The predicted molar refractivity (Wildman–Crippen MR) is 81.0 cm³/mol. The highest BCUT2D eigenvalue weighted by molar-refractivity contribution is 5.95. The third-order valence-electron chi connectivity index (χ3n) is 3.38. The first-order valence-corrected chi connectivity index (χ1v) is 7.02. The number of hydrogen-bond acceptors (Lipinski definition) is 6. The van der Waals surface area contributed by atoms with E-state index in [9.17, 15) is 19.1 Å². The van der Waals surface area contributed by atoms with Crippen molar-refractivity contribution in [2.75, 3.05) is 13.7 Å². The van der Waals surface area contributed by atoms with Gasteiger partial charge in [-0.15, -0.1) is 5.10 Å². The van der Waals surface area contributed by atoms with E-state index in [4.69, 9.17) is 0 Å². The molecule has 128 valence electrons. The molecular weight excluding hydrogens is 319 g/mol. The average Bonchev–Trinajstić information content (AvgIpc) is 2.96. The molecule has 0 aliphatic rings. The number of aryl methyl sites for hydroxylation is 1. The van der Waals surface area contributed by atoms with Crippen molar-refractivity contribution >= 4 is 11.9 Å². The molecule has 1 heterocycles. The second-order valence-corrected chi connectivity index (χ2v) is 5.31. The summed E-state index contributed by atoms with van der Waals surface area (Å²) >= 11 is 0. The Labute approximate surface area is 137 Å². The van der Waals surface area contributed by atoms with Gasteiger partial charge < -0.3 is 15.2 Å². The van der Waals surface area contributed by atoms with E-state index < -0.39 is 29.8 Å². The summed E-state index contributed by atoms with van der Waals surface area (Å²) < 4.78 is 18.9. The van der Waals surface area contributed by atoms with Gasteiger partial charge in [-0.2, -0.15) is 0 Å². The summed E-state index contributed by atoms with van der Waals surface area (Å²) in [6.45, 7) is 2.29. The molecule has 8 nitrogen and oxygen atoms in total. The Morgan fingerprint density at radius 3 is 2.54 bits per heavy atom. The topological polar surface area (TPSA) is 106 Å². The maximum Gasteiger partial charge on any atom is 0.333 e. The molecule has 24 heavy (non-hydrogen) atoms. The zero-order chi connectivity index (χ0) is 17.9. The van der Waals surface area contributed by atoms with Crippen LogP contribution in [0.5, 0.6) is 0 Å². The van der Waals surface area contributed by atoms with Crippen LogP contribution in [0.1, 0.15) is 23.4 Å². The molecule has 0 radical (unpaired) electrons. The van der Waals surface area contributed by atoms with E-state index in [2.05, 4.69) is 20.1 Å². The zero-order valence-corrected chi connectivity index (χ0v) is 13.4. The Kier molecular flexibility index (Phi) is 4.93. The normalized spacial score (nSPS) is 13.2. The first kappa shape index (κ1) is 17.5. The van der Waals surface area contributed by atoms with Crippen LogP contribution >= 0.6 is 0 Å². The van der Waals surface area contributed by atoms with Crippen LogP contribution in [0.25, 0.3) is 5.69 Å². The molecule has 0 bridgehead atoms. The van der Waals surface area contributed by atoms with Gasteiger partial charge in [0.15, 0.2) is 5.54 Å². The number of ether oxygens (including phenoxy) is 1. The third kappa shape index (κ3) is 3.40. The maximum absolute atomic E-state index is 13.0. The maximum atomic E-state index is 13.0. The lowest BCUT2D eigenvalue weighted by atomic mass is 10.0. The van der Waals surface area contributed by atoms with Gasteiger partial charge in [-0.05, 0) is 38.1 Å². The molecule has 0 saturated carbocycles. The van der Waals surface area contributed by atoms with Crippen molar-refractivity contribution in [1.29, 1.82) is 0 Å². The number of carbonyl (C=O) groups excluding carboxylic acids is 2. The molecule has 1 atom stereocenters. The van der Waals surface area contributed by atoms with E-state index in [1.807, 2.05) is 0 Å². The molecule has 1 aromatic heterocycles. The van der Waals surface area contributed by atoms with E-state index >= 15 is 0 Å². The minimum absolute atomic E-state index is 0.194. The van der Waals surface area contributed by atoms with Crippen molar-refractivity contribution < 1.29 is 23.8 Å². The Morgan fingerprint density at radius 1 is 1.38 bits per heavy atom. The lowest BCUT2D eigenvalue weighted by Crippen LogP contribution is -2.55. The molecule has 0 aliphatic heterocycles. The number of aliphatic hydroxyl groups excluding tert-OH is 1. The van der Waals surface area contributed by atoms with Gasteiger partial charge in [-0.25, -0.2) is 18.9 Å². The molecule has 2 rings (SSSR count). The van der Waals surface area contributed by atoms with Crippen molar-refractivity contribution in [3.63, 3.8) is 0 Å². The van der Waals surface area contributed by atoms with Crippen LogP contribution < -0.4 is 5.32 Å². The smallest absolute Gasteiger partial charge is 0.333 e. The fourth-order valence-electron chi connectivity index (χ4n) is 2.00. The molecule has 0 saturated heterocycles. The number of nitrogens with zero attached hydrogens (tertiary/aromatic N) is 3. The van der Waals surface area contributed by atoms with Crippen molar-refractivity contribution in [3.8, 4) is 5.69 Å². The second kappa shape index (κ2) is 6.75. The first-order valence-electron chi connectivity index (χ1n) is 7.02. The van der Waals surface area contributed by atoms with E-state index in [-0.39, 0.29) is 5.82 Å². The van der Waals surface area contributed by atoms with Crippen LogP contribution in [0.2, 0.25) is 0 Å². The second-order valence-electron chi connectivity index (χ2n) is 5.31. The number of esters is 1. The van der Waals surface area contributed by atoms with Gasteiger partial charge in [-0.1, -0.05) is 0 Å². The molecule has 0 aliphatic carbocycles. The van der Waals surface area contributed by atoms with Crippen LogP contribution in [0.15, 0.2) is 24.3 Å². The fraction of sp³-hybridized carbons (Fsp3) is 0.333. The molecule has 1 amide bonds. The van der Waals surface area contributed by atoms with Gasteiger partial charge in [0.1, 0.15) is 11.6 Å². The monoisotopic (exact) mass is 336 g/mol. The largest absolute Gasteiger partial charge is 0.467 e. The van der Waals surface area contributed by atoms with Crippen LogP contribution in [0, 0.1) is 12.7 Å². The first-order chi connectivity index (χ1) is 11.3. The minimum atomic E-state index is -1.61. The number of methoxy groups -OCH3 is 1. The highest BCUT2D eigenvalue weighted by Crippen LogP contribution is 2.12. The number of aliphatic hydroxyl groups is 1. The minimum Gasteiger partial charge on any atom is -0.467 e. The third-order valence-corrected chi connectivity index (χ3v) is 3.38. The van der Waals surface area contributed by atoms with Crippen molar-refractivity contribution in [1.82, 2.24) is 20.1 Å². The quantitative estimate of drug-likeness (QED) is 0.764. The Hall–Kier alpha value is -2.81. The molecule has 1 unspecified atom stereocenters. The Balaban J connectivity index is 2.27. The summed E-state index contributed by atoms with van der Waals surface area (Å²) in [7, 11) is 1.15. The lowest BCUT2D eigenvalue weighted by Gasteiger charge is -2.24. The Bertz CT molecular complexity index is 759. The van der Waals surface area contributed by atoms with Crippen LogP contribution in [0.4, 0.5) is 4.39 Å². The van der Waals surface area contributed by atoms with Crippen LogP contribution in [-0.2, 0) is 9.53 Å². The summed E-state index contributed by atoms with van der Waals surface area (Å²) in [5.41, 5.74) is -1.08. The highest BCUT2D eigenvalue weighted by atomic mass is 19.1. The van der Waals surface area contributed by atoms with Gasteiger partial charge >= 0.3 is 5.97 Å². The molecule has 0 fully saturated rings. The van der Waals surface area contributed by atoms with Crippen molar-refractivity contribution in [2.45, 2.75) is 19.4 Å². The molecule has 2 aromatic rings. The number of hydrogen-bond donors (Lipinski definition) is 2. The molecule has 2 N–H and O–H groups in total. The zero-order valence-electron chi connectivity index (χ0n) is 13.4. The van der Waals surface area contributed by atoms with Gasteiger partial charge in [0.25, 0.3) is 5.91 Å². The standard InChI is InChI=1S/C15H17FN4O4/c1-9-17-12(13(22)18-15(2,8-21)14(23)24-3)19-20(9)11-6-4-10(16)5-7-11/h4-7,21H,8H2,1-3H3,(H,18,22). The average molecular weight is 336 g/mol. The number of aromatic nitrogens is 3. The van der Waals surface area contributed by atoms with E-state index in [1.54, 1.807) is 6.92 Å². The number of amides is 1.